The second kappa shape index (κ2) is 11.2. The first-order valence-corrected chi connectivity index (χ1v) is 16.3. The van der Waals surface area contributed by atoms with Crippen LogP contribution in [0.2, 0.25) is 0 Å². The summed E-state index contributed by atoms with van der Waals surface area (Å²) in [5, 5.41) is 9.17. The predicted octanol–water partition coefficient (Wildman–Crippen LogP) is 5.09. The molecular weight excluding hydrogens is 622 g/mol. The molecule has 2 saturated carbocycles. The molecule has 2 aromatic rings. The molecule has 0 bridgehead atoms. The highest BCUT2D eigenvalue weighted by Crippen LogP contribution is 2.66. The van der Waals surface area contributed by atoms with Gasteiger partial charge in [0.25, 0.3) is 11.8 Å². The highest BCUT2D eigenvalue weighted by Gasteiger charge is 2.76. The Labute approximate surface area is 270 Å². The lowest BCUT2D eigenvalue weighted by Crippen LogP contribution is -2.60. The third kappa shape index (κ3) is 4.41. The van der Waals surface area contributed by atoms with E-state index in [0.717, 1.165) is 49.1 Å². The second-order valence-corrected chi connectivity index (χ2v) is 14.0. The van der Waals surface area contributed by atoms with Crippen molar-refractivity contribution in [1.29, 1.82) is 0 Å². The average Bonchev–Trinajstić information content (AvgIpc) is 3.39. The van der Waals surface area contributed by atoms with Crippen LogP contribution in [0.15, 0.2) is 60.2 Å². The number of allylic oxidation sites excluding steroid dienone is 2. The Morgan fingerprint density at radius 2 is 1.58 bits per heavy atom. The Bertz CT molecular complexity index is 1590. The van der Waals surface area contributed by atoms with Gasteiger partial charge in [-0.3, -0.25) is 24.1 Å². The normalized spacial score (nSPS) is 33.2. The zero-order valence-electron chi connectivity index (χ0n) is 24.5. The SMILES string of the molecule is O=C1[C@H]2[C@H](CC=C3[C@H]2C[C@@]2(Cl)C(=O)N(c4ccc(F)cc4)C(=O)[C@@]2(Cl)[C@H]3c2ccc(OCCO)cc2)C(=O)N1C1CCCCC1. The first kappa shape index (κ1) is 30.4. The van der Waals surface area contributed by atoms with Gasteiger partial charge in [0.05, 0.1) is 24.1 Å². The summed E-state index contributed by atoms with van der Waals surface area (Å²) in [4.78, 5) is 55.1. The molecule has 4 fully saturated rings. The fourth-order valence-corrected chi connectivity index (χ4v) is 9.35. The lowest BCUT2D eigenvalue weighted by Gasteiger charge is -2.50. The summed E-state index contributed by atoms with van der Waals surface area (Å²) >= 11 is 14.8. The van der Waals surface area contributed by atoms with Gasteiger partial charge in [-0.05, 0) is 73.6 Å². The van der Waals surface area contributed by atoms with Crippen molar-refractivity contribution in [3.8, 4) is 5.75 Å². The number of aliphatic hydroxyl groups excluding tert-OH is 1. The molecule has 45 heavy (non-hydrogen) atoms. The zero-order valence-corrected chi connectivity index (χ0v) is 26.0. The van der Waals surface area contributed by atoms with E-state index in [0.29, 0.717) is 23.3 Å². The van der Waals surface area contributed by atoms with Crippen LogP contribution < -0.4 is 9.64 Å². The van der Waals surface area contributed by atoms with E-state index in [4.69, 9.17) is 27.9 Å². The number of carbonyl (C=O) groups is 4. The van der Waals surface area contributed by atoms with Crippen LogP contribution >= 0.6 is 23.2 Å². The van der Waals surface area contributed by atoms with Gasteiger partial charge < -0.3 is 9.84 Å². The van der Waals surface area contributed by atoms with Gasteiger partial charge in [-0.25, -0.2) is 9.29 Å². The van der Waals surface area contributed by atoms with Crippen LogP contribution in [0.5, 0.6) is 5.75 Å². The van der Waals surface area contributed by atoms with Crippen LogP contribution in [0, 0.1) is 23.6 Å². The van der Waals surface area contributed by atoms with Crippen LogP contribution in [-0.2, 0) is 19.2 Å². The molecule has 0 spiro atoms. The molecule has 7 rings (SSSR count). The van der Waals surface area contributed by atoms with Gasteiger partial charge in [-0.2, -0.15) is 0 Å². The molecule has 2 aromatic carbocycles. The van der Waals surface area contributed by atoms with Gasteiger partial charge in [0.15, 0.2) is 9.75 Å². The molecular formula is C34H33Cl2FN2O6. The highest BCUT2D eigenvalue weighted by molar-refractivity contribution is 6.58. The van der Waals surface area contributed by atoms with E-state index in [-0.39, 0.29) is 43.2 Å². The largest absolute Gasteiger partial charge is 0.491 e. The number of aliphatic hydroxyl groups is 1. The number of imide groups is 2. The maximum atomic E-state index is 14.4. The van der Waals surface area contributed by atoms with Crippen molar-refractivity contribution in [3.63, 3.8) is 0 Å². The summed E-state index contributed by atoms with van der Waals surface area (Å²) in [7, 11) is 0. The van der Waals surface area contributed by atoms with Crippen molar-refractivity contribution >= 4 is 52.5 Å². The van der Waals surface area contributed by atoms with Crippen LogP contribution in [0.1, 0.15) is 56.4 Å². The number of alkyl halides is 2. The molecule has 2 heterocycles. The molecule has 0 aromatic heterocycles. The Morgan fingerprint density at radius 3 is 2.24 bits per heavy atom. The van der Waals surface area contributed by atoms with E-state index in [2.05, 4.69) is 0 Å². The molecule has 5 aliphatic rings. The average molecular weight is 656 g/mol. The zero-order chi connectivity index (χ0) is 31.7. The van der Waals surface area contributed by atoms with Crippen molar-refractivity contribution in [2.75, 3.05) is 18.1 Å². The number of carbonyl (C=O) groups excluding carboxylic acids is 4. The number of benzene rings is 2. The number of hydrogen-bond acceptors (Lipinski definition) is 6. The molecule has 2 saturated heterocycles. The molecule has 4 amide bonds. The number of amides is 4. The lowest BCUT2D eigenvalue weighted by molar-refractivity contribution is -0.143. The number of ether oxygens (including phenoxy) is 1. The van der Waals surface area contributed by atoms with Gasteiger partial charge >= 0.3 is 0 Å². The van der Waals surface area contributed by atoms with E-state index in [1.807, 2.05) is 6.08 Å². The molecule has 0 unspecified atom stereocenters. The number of rotatable bonds is 6. The van der Waals surface area contributed by atoms with Crippen LogP contribution in [0.4, 0.5) is 10.1 Å². The third-order valence-electron chi connectivity index (χ3n) is 10.4. The lowest BCUT2D eigenvalue weighted by atomic mass is 9.56. The number of likely N-dealkylation sites (tertiary alicyclic amines) is 1. The molecule has 11 heteroatoms. The molecule has 2 aliphatic heterocycles. The second-order valence-electron chi connectivity index (χ2n) is 12.7. The maximum absolute atomic E-state index is 14.4. The van der Waals surface area contributed by atoms with E-state index >= 15 is 0 Å². The summed E-state index contributed by atoms with van der Waals surface area (Å²) in [6.07, 6.45) is 6.66. The summed E-state index contributed by atoms with van der Waals surface area (Å²) < 4.78 is 19.4. The van der Waals surface area contributed by atoms with Gasteiger partial charge in [-0.15, -0.1) is 23.2 Å². The Balaban J connectivity index is 1.35. The summed E-state index contributed by atoms with van der Waals surface area (Å²) in [5.41, 5.74) is 1.43. The topological polar surface area (TPSA) is 104 Å². The summed E-state index contributed by atoms with van der Waals surface area (Å²) in [6.45, 7) is -0.0714. The molecule has 1 N–H and O–H groups in total. The van der Waals surface area contributed by atoms with Gasteiger partial charge in [-0.1, -0.05) is 43.0 Å². The molecule has 0 radical (unpaired) electrons. The Hall–Kier alpha value is -3.27. The van der Waals surface area contributed by atoms with Crippen molar-refractivity contribution in [2.24, 2.45) is 17.8 Å². The van der Waals surface area contributed by atoms with E-state index in [1.165, 1.54) is 17.0 Å². The molecule has 3 aliphatic carbocycles. The summed E-state index contributed by atoms with van der Waals surface area (Å²) in [5.74, 6) is -4.79. The fraction of sp³-hybridized carbons (Fsp3) is 0.471. The van der Waals surface area contributed by atoms with Crippen molar-refractivity contribution in [2.45, 2.75) is 66.7 Å². The number of hydrogen-bond donors (Lipinski definition) is 1. The smallest absolute Gasteiger partial charge is 0.258 e. The number of nitrogens with zero attached hydrogens (tertiary/aromatic N) is 2. The standard InChI is InChI=1S/C34H33Cl2FN2O6/c35-33-18-26-24(14-15-25-27(26)30(42)38(29(25)41)21-4-2-1-3-5-21)28(19-6-12-23(13-7-19)45-17-16-40)34(33,36)32(44)39(31(33)43)22-10-8-20(37)9-11-22/h6-14,21,25-28,40H,1-5,15-18H2/t25-,26+,27-,28-,33+,34-/m0/s1. The van der Waals surface area contributed by atoms with Crippen molar-refractivity contribution < 1.29 is 33.4 Å². The quantitative estimate of drug-likeness (QED) is 0.264. The predicted molar refractivity (Wildman–Crippen MR) is 164 cm³/mol. The van der Waals surface area contributed by atoms with E-state index in [9.17, 15) is 28.7 Å². The fourth-order valence-electron chi connectivity index (χ4n) is 8.42. The molecule has 8 nitrogen and oxygen atoms in total. The molecule has 6 atom stereocenters. The number of fused-ring (bicyclic) bond motifs is 4. The first-order valence-electron chi connectivity index (χ1n) is 15.5. The monoisotopic (exact) mass is 654 g/mol. The number of anilines is 1. The minimum absolute atomic E-state index is 0.0938. The highest BCUT2D eigenvalue weighted by atomic mass is 35.5. The van der Waals surface area contributed by atoms with E-state index in [1.54, 1.807) is 24.3 Å². The molecule has 236 valence electrons. The Morgan fingerprint density at radius 1 is 0.889 bits per heavy atom. The first-order chi connectivity index (χ1) is 21.6. The number of halogens is 3. The van der Waals surface area contributed by atoms with Crippen molar-refractivity contribution in [1.82, 2.24) is 4.90 Å². The van der Waals surface area contributed by atoms with Gasteiger partial charge in [0.1, 0.15) is 18.2 Å². The Kier molecular flexibility index (Phi) is 7.57. The van der Waals surface area contributed by atoms with Crippen LogP contribution in [0.25, 0.3) is 0 Å². The third-order valence-corrected chi connectivity index (χ3v) is 11.9. The van der Waals surface area contributed by atoms with Gasteiger partial charge in [0, 0.05) is 12.0 Å². The van der Waals surface area contributed by atoms with Crippen LogP contribution in [-0.4, -0.2) is 62.6 Å². The van der Waals surface area contributed by atoms with Crippen molar-refractivity contribution in [3.05, 3.63) is 71.6 Å². The van der Waals surface area contributed by atoms with Gasteiger partial charge in [0.2, 0.25) is 11.8 Å². The van der Waals surface area contributed by atoms with Crippen LogP contribution in [0.3, 0.4) is 0 Å². The summed E-state index contributed by atoms with van der Waals surface area (Å²) in [6, 6.07) is 11.7. The van der Waals surface area contributed by atoms with E-state index < -0.39 is 51.1 Å². The minimum Gasteiger partial charge on any atom is -0.491 e. The maximum Gasteiger partial charge on any atom is 0.258 e. The minimum atomic E-state index is -1.99.